The Morgan fingerprint density at radius 1 is 1.11 bits per heavy atom. The van der Waals surface area contributed by atoms with Gasteiger partial charge in [0.1, 0.15) is 6.17 Å². The Labute approximate surface area is 162 Å². The van der Waals surface area contributed by atoms with Crippen LogP contribution in [0.2, 0.25) is 0 Å². The van der Waals surface area contributed by atoms with Crippen LogP contribution in [-0.4, -0.2) is 34.9 Å². The van der Waals surface area contributed by atoms with Crippen LogP contribution >= 0.6 is 0 Å². The van der Waals surface area contributed by atoms with Gasteiger partial charge in [-0.1, -0.05) is 12.1 Å². The minimum atomic E-state index is -1.00. The Kier molecular flexibility index (Phi) is 4.68. The molecule has 2 heterocycles. The van der Waals surface area contributed by atoms with Crippen LogP contribution in [0.1, 0.15) is 23.1 Å². The minimum Gasteiger partial charge on any atom is -0.340 e. The highest BCUT2D eigenvalue weighted by molar-refractivity contribution is 5.80. The zero-order valence-electron chi connectivity index (χ0n) is 15.2. The number of piperidine rings is 1. The summed E-state index contributed by atoms with van der Waals surface area (Å²) >= 11 is 0. The quantitative estimate of drug-likeness (QED) is 0.761. The number of nitrogens with zero attached hydrogens (tertiary/aromatic N) is 5. The van der Waals surface area contributed by atoms with Gasteiger partial charge in [-0.05, 0) is 42.3 Å². The Morgan fingerprint density at radius 3 is 2.50 bits per heavy atom. The van der Waals surface area contributed by atoms with Gasteiger partial charge in [-0.2, -0.15) is 10.5 Å². The lowest BCUT2D eigenvalue weighted by atomic mass is 10.1. The van der Waals surface area contributed by atoms with Crippen molar-refractivity contribution in [3.8, 4) is 12.1 Å². The number of nitriles is 2. The lowest BCUT2D eigenvalue weighted by Gasteiger charge is -2.34. The SMILES string of the molecule is N#Cc1ccc(Cn2c(N3CC[C@@H](F)[C@H](N)C3)nc3ccc(C#N)cc32)cc1. The normalized spacial score (nSPS) is 19.4. The Balaban J connectivity index is 1.78. The molecule has 2 N–H and O–H groups in total. The summed E-state index contributed by atoms with van der Waals surface area (Å²) in [6, 6.07) is 16.5. The van der Waals surface area contributed by atoms with Gasteiger partial charge in [-0.25, -0.2) is 9.37 Å². The van der Waals surface area contributed by atoms with Crippen LogP contribution in [0, 0.1) is 22.7 Å². The molecule has 2 atom stereocenters. The molecule has 2 aromatic carbocycles. The molecule has 1 aliphatic rings. The molecule has 1 aliphatic heterocycles. The predicted molar refractivity (Wildman–Crippen MR) is 104 cm³/mol. The zero-order valence-corrected chi connectivity index (χ0v) is 15.2. The first-order valence-corrected chi connectivity index (χ1v) is 9.13. The molecule has 4 rings (SSSR count). The van der Waals surface area contributed by atoms with Gasteiger partial charge >= 0.3 is 0 Å². The fourth-order valence-corrected chi connectivity index (χ4v) is 3.58. The second-order valence-electron chi connectivity index (χ2n) is 7.04. The fraction of sp³-hybridized carbons (Fsp3) is 0.286. The van der Waals surface area contributed by atoms with E-state index in [0.717, 1.165) is 22.5 Å². The highest BCUT2D eigenvalue weighted by Gasteiger charge is 2.29. The smallest absolute Gasteiger partial charge is 0.206 e. The van der Waals surface area contributed by atoms with Gasteiger partial charge in [-0.15, -0.1) is 0 Å². The number of anilines is 1. The maximum absolute atomic E-state index is 13.8. The number of imidazole rings is 1. The van der Waals surface area contributed by atoms with Crippen LogP contribution in [0.15, 0.2) is 42.5 Å². The molecule has 7 heteroatoms. The van der Waals surface area contributed by atoms with E-state index in [9.17, 15) is 9.65 Å². The number of benzene rings is 2. The Morgan fingerprint density at radius 2 is 1.82 bits per heavy atom. The van der Waals surface area contributed by atoms with Crippen LogP contribution in [0.4, 0.5) is 10.3 Å². The highest BCUT2D eigenvalue weighted by Crippen LogP contribution is 2.27. The van der Waals surface area contributed by atoms with E-state index >= 15 is 0 Å². The molecule has 1 fully saturated rings. The highest BCUT2D eigenvalue weighted by atomic mass is 19.1. The molecule has 1 aromatic heterocycles. The number of nitrogens with two attached hydrogens (primary N) is 1. The number of hydrogen-bond acceptors (Lipinski definition) is 5. The van der Waals surface area contributed by atoms with Gasteiger partial charge in [-0.3, -0.25) is 0 Å². The topological polar surface area (TPSA) is 94.7 Å². The number of rotatable bonds is 3. The van der Waals surface area contributed by atoms with E-state index in [1.807, 2.05) is 33.7 Å². The molecule has 3 aromatic rings. The zero-order chi connectivity index (χ0) is 19.7. The number of alkyl halides is 1. The molecule has 0 saturated carbocycles. The van der Waals surface area contributed by atoms with Crippen LogP contribution in [0.3, 0.4) is 0 Å². The lowest BCUT2D eigenvalue weighted by Crippen LogP contribution is -2.50. The number of hydrogen-bond donors (Lipinski definition) is 1. The van der Waals surface area contributed by atoms with Gasteiger partial charge < -0.3 is 15.2 Å². The first kappa shape index (κ1) is 18.0. The number of fused-ring (bicyclic) bond motifs is 1. The van der Waals surface area contributed by atoms with Crippen LogP contribution in [0.5, 0.6) is 0 Å². The van der Waals surface area contributed by atoms with Crippen LogP contribution in [-0.2, 0) is 6.54 Å². The molecule has 0 radical (unpaired) electrons. The predicted octanol–water partition coefficient (Wildman–Crippen LogP) is 2.70. The van der Waals surface area contributed by atoms with Crippen LogP contribution in [0.25, 0.3) is 11.0 Å². The molecular weight excluding hydrogens is 355 g/mol. The van der Waals surface area contributed by atoms with Gasteiger partial charge in [0.2, 0.25) is 5.95 Å². The minimum absolute atomic E-state index is 0.366. The summed E-state index contributed by atoms with van der Waals surface area (Å²) in [6.07, 6.45) is -0.636. The van der Waals surface area contributed by atoms with E-state index in [2.05, 4.69) is 12.1 Å². The van der Waals surface area contributed by atoms with Crippen molar-refractivity contribution in [3.05, 3.63) is 59.2 Å². The van der Waals surface area contributed by atoms with Crippen molar-refractivity contribution in [1.82, 2.24) is 9.55 Å². The van der Waals surface area contributed by atoms with Crippen LogP contribution < -0.4 is 10.6 Å². The van der Waals surface area contributed by atoms with E-state index in [4.69, 9.17) is 16.0 Å². The third-order valence-corrected chi connectivity index (χ3v) is 5.13. The van der Waals surface area contributed by atoms with E-state index in [1.165, 1.54) is 0 Å². The fourth-order valence-electron chi connectivity index (χ4n) is 3.58. The Hall–Kier alpha value is -3.42. The van der Waals surface area contributed by atoms with Crippen molar-refractivity contribution < 1.29 is 4.39 Å². The summed E-state index contributed by atoms with van der Waals surface area (Å²) in [5, 5.41) is 18.3. The number of aromatic nitrogens is 2. The number of halogens is 1. The monoisotopic (exact) mass is 374 g/mol. The van der Waals surface area contributed by atoms with Crippen molar-refractivity contribution in [3.63, 3.8) is 0 Å². The molecular formula is C21H19FN6. The maximum atomic E-state index is 13.8. The molecule has 140 valence electrons. The average Bonchev–Trinajstić information content (AvgIpc) is 3.08. The first-order valence-electron chi connectivity index (χ1n) is 9.13. The van der Waals surface area contributed by atoms with Crippen molar-refractivity contribution >= 4 is 17.0 Å². The third kappa shape index (κ3) is 3.28. The molecule has 0 unspecified atom stereocenters. The summed E-state index contributed by atoms with van der Waals surface area (Å²) < 4.78 is 15.9. The third-order valence-electron chi connectivity index (χ3n) is 5.13. The summed E-state index contributed by atoms with van der Waals surface area (Å²) in [7, 11) is 0. The molecule has 28 heavy (non-hydrogen) atoms. The summed E-state index contributed by atoms with van der Waals surface area (Å²) in [5.41, 5.74) is 9.73. The van der Waals surface area contributed by atoms with Gasteiger partial charge in [0.05, 0.1) is 46.9 Å². The molecule has 0 spiro atoms. The molecule has 0 bridgehead atoms. The summed E-state index contributed by atoms with van der Waals surface area (Å²) in [5.74, 6) is 0.719. The molecule has 6 nitrogen and oxygen atoms in total. The van der Waals surface area contributed by atoms with Crippen molar-refractivity contribution in [2.75, 3.05) is 18.0 Å². The van der Waals surface area contributed by atoms with Gasteiger partial charge in [0.15, 0.2) is 0 Å². The standard InChI is InChI=1S/C21H19FN6/c22-17-7-8-27(13-18(17)25)21-26-19-6-5-16(11-24)9-20(19)28(21)12-15-3-1-14(10-23)2-4-15/h1-6,9,17-18H,7-8,12-13,25H2/t17-,18-/m1/s1. The summed E-state index contributed by atoms with van der Waals surface area (Å²) in [4.78, 5) is 6.76. The van der Waals surface area contributed by atoms with Crippen molar-refractivity contribution in [1.29, 1.82) is 10.5 Å². The van der Waals surface area contributed by atoms with E-state index in [0.29, 0.717) is 37.2 Å². The lowest BCUT2D eigenvalue weighted by molar-refractivity contribution is 0.243. The van der Waals surface area contributed by atoms with Crippen molar-refractivity contribution in [2.24, 2.45) is 5.73 Å². The van der Waals surface area contributed by atoms with Gasteiger partial charge in [0.25, 0.3) is 0 Å². The first-order chi connectivity index (χ1) is 13.6. The molecule has 0 aliphatic carbocycles. The second-order valence-corrected chi connectivity index (χ2v) is 7.04. The molecule has 0 amide bonds. The van der Waals surface area contributed by atoms with E-state index < -0.39 is 12.2 Å². The van der Waals surface area contributed by atoms with E-state index in [-0.39, 0.29) is 0 Å². The average molecular weight is 374 g/mol. The maximum Gasteiger partial charge on any atom is 0.206 e. The Bertz CT molecular complexity index is 1090. The molecule has 1 saturated heterocycles. The largest absolute Gasteiger partial charge is 0.340 e. The summed E-state index contributed by atoms with van der Waals surface area (Å²) in [6.45, 7) is 1.46. The van der Waals surface area contributed by atoms with Crippen molar-refractivity contribution in [2.45, 2.75) is 25.2 Å². The second kappa shape index (κ2) is 7.30. The van der Waals surface area contributed by atoms with E-state index in [1.54, 1.807) is 18.2 Å². The van der Waals surface area contributed by atoms with Gasteiger partial charge in [0, 0.05) is 13.1 Å².